The fourth-order valence-corrected chi connectivity index (χ4v) is 2.19. The third kappa shape index (κ3) is 3.58. The Hall–Kier alpha value is -2.40. The van der Waals surface area contributed by atoms with E-state index in [1.165, 1.54) is 18.5 Å². The molecule has 0 bridgehead atoms. The van der Waals surface area contributed by atoms with E-state index in [0.717, 1.165) is 12.1 Å². The van der Waals surface area contributed by atoms with Crippen LogP contribution in [0.3, 0.4) is 0 Å². The molecule has 0 radical (unpaired) electrons. The molecule has 21 heavy (non-hydrogen) atoms. The number of nitrogens with one attached hydrogen (secondary N) is 3. The lowest BCUT2D eigenvalue weighted by atomic mass is 10.1. The molecule has 0 aliphatic heterocycles. The molecule has 0 spiro atoms. The molecule has 2 aromatic rings. The van der Waals surface area contributed by atoms with Gasteiger partial charge in [-0.15, -0.1) is 0 Å². The second-order valence-corrected chi connectivity index (χ2v) is 4.74. The third-order valence-corrected chi connectivity index (χ3v) is 3.25. The Morgan fingerprint density at radius 3 is 2.76 bits per heavy atom. The lowest BCUT2D eigenvalue weighted by Crippen LogP contribution is -2.23. The summed E-state index contributed by atoms with van der Waals surface area (Å²) in [4.78, 5) is 26.6. The second-order valence-electron chi connectivity index (χ2n) is 4.74. The monoisotopic (exact) mass is 285 g/mol. The Labute approximate surface area is 123 Å². The van der Waals surface area contributed by atoms with E-state index in [9.17, 15) is 9.59 Å². The second kappa shape index (κ2) is 6.85. The van der Waals surface area contributed by atoms with Crippen molar-refractivity contribution in [1.82, 2.24) is 10.3 Å². The van der Waals surface area contributed by atoms with Gasteiger partial charge in [0.2, 0.25) is 0 Å². The average Bonchev–Trinajstić information content (AvgIpc) is 2.48. The van der Waals surface area contributed by atoms with Crippen molar-refractivity contribution in [3.05, 3.63) is 64.1 Å². The van der Waals surface area contributed by atoms with Gasteiger partial charge in [-0.25, -0.2) is 0 Å². The van der Waals surface area contributed by atoms with Crippen LogP contribution in [0.25, 0.3) is 0 Å². The maximum absolute atomic E-state index is 12.2. The first-order chi connectivity index (χ1) is 10.1. The lowest BCUT2D eigenvalue weighted by Gasteiger charge is -2.17. The zero-order chi connectivity index (χ0) is 15.2. The third-order valence-electron chi connectivity index (χ3n) is 3.25. The zero-order valence-corrected chi connectivity index (χ0v) is 12.1. The van der Waals surface area contributed by atoms with Crippen molar-refractivity contribution in [2.45, 2.75) is 19.9 Å². The fourth-order valence-electron chi connectivity index (χ4n) is 2.19. The number of benzene rings is 1. The van der Waals surface area contributed by atoms with Crippen LogP contribution in [0, 0.1) is 0 Å². The molecule has 0 fully saturated rings. The Morgan fingerprint density at radius 1 is 1.29 bits per heavy atom. The number of anilines is 1. The van der Waals surface area contributed by atoms with E-state index in [2.05, 4.69) is 15.6 Å². The topological polar surface area (TPSA) is 74.0 Å². The van der Waals surface area contributed by atoms with Crippen molar-refractivity contribution in [1.29, 1.82) is 0 Å². The fraction of sp³-hybridized carbons (Fsp3) is 0.250. The Morgan fingerprint density at radius 2 is 2.05 bits per heavy atom. The highest BCUT2D eigenvalue weighted by molar-refractivity contribution is 6.04. The summed E-state index contributed by atoms with van der Waals surface area (Å²) in [6, 6.07) is 9.01. The molecule has 3 N–H and O–H groups in total. The van der Waals surface area contributed by atoms with Crippen LogP contribution < -0.4 is 16.1 Å². The molecule has 1 aromatic carbocycles. The van der Waals surface area contributed by atoms with Crippen LogP contribution in [0.4, 0.5) is 5.69 Å². The molecule has 1 unspecified atom stereocenters. The number of aromatic nitrogens is 1. The standard InChI is InChI=1S/C16H19N3O2/c1-3-18-11(2)12-6-4-5-7-14(12)19-16(21)13-10-17-9-8-15(13)20/h4-11,18H,3H2,1-2H3,(H,17,20)(H,19,21). The molecule has 110 valence electrons. The van der Waals surface area contributed by atoms with E-state index < -0.39 is 5.91 Å². The minimum atomic E-state index is -0.409. The van der Waals surface area contributed by atoms with Gasteiger partial charge in [-0.3, -0.25) is 9.59 Å². The maximum atomic E-state index is 12.2. The summed E-state index contributed by atoms with van der Waals surface area (Å²) in [6.07, 6.45) is 2.91. The minimum absolute atomic E-state index is 0.100. The summed E-state index contributed by atoms with van der Waals surface area (Å²) in [6.45, 7) is 4.90. The smallest absolute Gasteiger partial charge is 0.261 e. The number of aromatic amines is 1. The summed E-state index contributed by atoms with van der Waals surface area (Å²) in [7, 11) is 0. The molecule has 0 aliphatic carbocycles. The van der Waals surface area contributed by atoms with Crippen molar-refractivity contribution in [2.75, 3.05) is 11.9 Å². The highest BCUT2D eigenvalue weighted by Crippen LogP contribution is 2.22. The van der Waals surface area contributed by atoms with Gasteiger partial charge < -0.3 is 15.6 Å². The summed E-state index contributed by atoms with van der Waals surface area (Å²) in [5.41, 5.74) is 1.49. The van der Waals surface area contributed by atoms with Crippen LogP contribution >= 0.6 is 0 Å². The molecule has 0 saturated carbocycles. The molecule has 1 heterocycles. The van der Waals surface area contributed by atoms with Crippen LogP contribution in [0.2, 0.25) is 0 Å². The summed E-state index contributed by atoms with van der Waals surface area (Å²) in [5, 5.41) is 6.12. The SMILES string of the molecule is CCNC(C)c1ccccc1NC(=O)c1c[nH]ccc1=O. The van der Waals surface area contributed by atoms with Gasteiger partial charge in [0.05, 0.1) is 0 Å². The van der Waals surface area contributed by atoms with Crippen LogP contribution in [-0.4, -0.2) is 17.4 Å². The van der Waals surface area contributed by atoms with Gasteiger partial charge in [0.25, 0.3) is 5.91 Å². The zero-order valence-electron chi connectivity index (χ0n) is 12.1. The maximum Gasteiger partial charge on any atom is 0.261 e. The van der Waals surface area contributed by atoms with Gasteiger partial charge in [0, 0.05) is 30.2 Å². The van der Waals surface area contributed by atoms with Crippen molar-refractivity contribution in [3.8, 4) is 0 Å². The number of carbonyl (C=O) groups is 1. The molecule has 0 aliphatic rings. The van der Waals surface area contributed by atoms with E-state index in [1.807, 2.05) is 38.1 Å². The Kier molecular flexibility index (Phi) is 4.90. The van der Waals surface area contributed by atoms with E-state index in [4.69, 9.17) is 0 Å². The van der Waals surface area contributed by atoms with Crippen LogP contribution in [0.15, 0.2) is 47.5 Å². The highest BCUT2D eigenvalue weighted by Gasteiger charge is 2.14. The summed E-state index contributed by atoms with van der Waals surface area (Å²) >= 11 is 0. The molecular formula is C16H19N3O2. The van der Waals surface area contributed by atoms with Gasteiger partial charge in [0.15, 0.2) is 5.43 Å². The van der Waals surface area contributed by atoms with Crippen LogP contribution in [-0.2, 0) is 0 Å². The van der Waals surface area contributed by atoms with Gasteiger partial charge in [-0.05, 0) is 25.1 Å². The molecule has 1 aromatic heterocycles. The molecule has 5 nitrogen and oxygen atoms in total. The van der Waals surface area contributed by atoms with Crippen molar-refractivity contribution < 1.29 is 4.79 Å². The Bertz CT molecular complexity index is 679. The van der Waals surface area contributed by atoms with Gasteiger partial charge in [0.1, 0.15) is 5.56 Å². The molecule has 1 atom stereocenters. The highest BCUT2D eigenvalue weighted by atomic mass is 16.2. The first kappa shape index (κ1) is 15.0. The van der Waals surface area contributed by atoms with E-state index >= 15 is 0 Å². The number of amides is 1. The molecule has 1 amide bonds. The molecule has 2 rings (SSSR count). The van der Waals surface area contributed by atoms with Crippen molar-refractivity contribution in [2.24, 2.45) is 0 Å². The van der Waals surface area contributed by atoms with Crippen molar-refractivity contribution >= 4 is 11.6 Å². The van der Waals surface area contributed by atoms with Crippen LogP contribution in [0.1, 0.15) is 35.8 Å². The predicted octanol–water partition coefficient (Wildman–Crippen LogP) is 2.30. The first-order valence-corrected chi connectivity index (χ1v) is 6.94. The van der Waals surface area contributed by atoms with Gasteiger partial charge in [-0.1, -0.05) is 25.1 Å². The first-order valence-electron chi connectivity index (χ1n) is 6.94. The van der Waals surface area contributed by atoms with Gasteiger partial charge in [-0.2, -0.15) is 0 Å². The van der Waals surface area contributed by atoms with E-state index in [-0.39, 0.29) is 17.0 Å². The number of H-pyrrole nitrogens is 1. The number of pyridine rings is 1. The number of hydrogen-bond donors (Lipinski definition) is 3. The summed E-state index contributed by atoms with van der Waals surface area (Å²) < 4.78 is 0. The largest absolute Gasteiger partial charge is 0.367 e. The molecule has 5 heteroatoms. The number of carbonyl (C=O) groups excluding carboxylic acids is 1. The number of rotatable bonds is 5. The number of para-hydroxylation sites is 1. The minimum Gasteiger partial charge on any atom is -0.367 e. The van der Waals surface area contributed by atoms with Gasteiger partial charge >= 0.3 is 0 Å². The predicted molar refractivity (Wildman–Crippen MR) is 83.5 cm³/mol. The quantitative estimate of drug-likeness (QED) is 0.789. The molecule has 0 saturated heterocycles. The summed E-state index contributed by atoms with van der Waals surface area (Å²) in [5.74, 6) is -0.409. The van der Waals surface area contributed by atoms with Crippen molar-refractivity contribution in [3.63, 3.8) is 0 Å². The number of hydrogen-bond acceptors (Lipinski definition) is 3. The lowest BCUT2D eigenvalue weighted by molar-refractivity contribution is 0.102. The normalized spacial score (nSPS) is 11.9. The van der Waals surface area contributed by atoms with E-state index in [1.54, 1.807) is 0 Å². The average molecular weight is 285 g/mol. The Balaban J connectivity index is 2.26. The van der Waals surface area contributed by atoms with E-state index in [0.29, 0.717) is 5.69 Å². The molecular weight excluding hydrogens is 266 g/mol. The van der Waals surface area contributed by atoms with Crippen LogP contribution in [0.5, 0.6) is 0 Å².